The van der Waals surface area contributed by atoms with Gasteiger partial charge in [0, 0.05) is 32.0 Å². The van der Waals surface area contributed by atoms with Gasteiger partial charge in [-0.2, -0.15) is 5.26 Å². The van der Waals surface area contributed by atoms with Gasteiger partial charge in [-0.3, -0.25) is 9.59 Å². The lowest BCUT2D eigenvalue weighted by molar-refractivity contribution is -0.125. The predicted octanol–water partition coefficient (Wildman–Crippen LogP) is 4.17. The highest BCUT2D eigenvalue weighted by Gasteiger charge is 2.38. The van der Waals surface area contributed by atoms with E-state index in [1.165, 1.54) is 0 Å². The molecule has 9 heteroatoms. The summed E-state index contributed by atoms with van der Waals surface area (Å²) < 4.78 is 11.4. The number of benzene rings is 2. The molecular formula is C35H44N4O5. The molecule has 234 valence electrons. The zero-order valence-corrected chi connectivity index (χ0v) is 25.8. The number of nitrogens with one attached hydrogen (secondary N) is 1. The average Bonchev–Trinajstić information content (AvgIpc) is 3.69. The van der Waals surface area contributed by atoms with Gasteiger partial charge in [0.05, 0.1) is 24.7 Å². The number of nitriles is 1. The number of hydrogen-bond acceptors (Lipinski definition) is 7. The second kappa shape index (κ2) is 14.8. The van der Waals surface area contributed by atoms with E-state index in [2.05, 4.69) is 34.5 Å². The third kappa shape index (κ3) is 7.14. The standard InChI is InChI=1S/C35H44N4O5/c1-37-33(41)32(10-6-21-40)39-23-31-26(8-5-9-30(31)34(39)42)7-3-2-4-18-38-19-16-35(25-36,17-20-38)27-11-13-28(14-12-27)44-29-15-22-43-24-29/h5,8-9,11-14,21,29,32H,2-4,6-7,10,15-20,22-24H2,1H3,(H,37,41). The third-order valence-electron chi connectivity index (χ3n) is 9.52. The number of rotatable bonds is 14. The molecule has 0 saturated carbocycles. The van der Waals surface area contributed by atoms with Gasteiger partial charge >= 0.3 is 0 Å². The summed E-state index contributed by atoms with van der Waals surface area (Å²) in [4.78, 5) is 40.7. The van der Waals surface area contributed by atoms with Crippen LogP contribution in [0.25, 0.3) is 0 Å². The number of unbranched alkanes of at least 4 members (excludes halogenated alkanes) is 2. The number of nitrogens with zero attached hydrogens (tertiary/aromatic N) is 3. The van der Waals surface area contributed by atoms with E-state index in [0.29, 0.717) is 25.1 Å². The molecular weight excluding hydrogens is 556 g/mol. The summed E-state index contributed by atoms with van der Waals surface area (Å²) in [5.41, 5.74) is 3.46. The SMILES string of the molecule is CNC(=O)C(CCC=O)N1Cc2c(CCCCCN3CCC(C#N)(c4ccc(OC5CCOC5)cc4)CC3)cccc2C1=O. The molecule has 9 nitrogen and oxygen atoms in total. The molecule has 1 N–H and O–H groups in total. The molecule has 5 rings (SSSR count). The number of piperidine rings is 1. The molecule has 2 fully saturated rings. The Kier molecular flexibility index (Phi) is 10.7. The molecule has 0 spiro atoms. The van der Waals surface area contributed by atoms with Crippen molar-refractivity contribution in [3.8, 4) is 11.8 Å². The molecule has 3 aliphatic heterocycles. The van der Waals surface area contributed by atoms with Crippen molar-refractivity contribution >= 4 is 18.1 Å². The maximum Gasteiger partial charge on any atom is 0.255 e. The van der Waals surface area contributed by atoms with Gasteiger partial charge < -0.3 is 29.4 Å². The molecule has 2 aromatic carbocycles. The van der Waals surface area contributed by atoms with Crippen LogP contribution in [0.2, 0.25) is 0 Å². The van der Waals surface area contributed by atoms with Crippen molar-refractivity contribution in [2.45, 2.75) is 81.9 Å². The number of aryl methyl sites for hydroxylation is 1. The maximum absolute atomic E-state index is 13.2. The zero-order valence-electron chi connectivity index (χ0n) is 25.8. The minimum Gasteiger partial charge on any atom is -0.488 e. The van der Waals surface area contributed by atoms with Crippen LogP contribution in [0.1, 0.15) is 78.4 Å². The molecule has 2 amide bonds. The van der Waals surface area contributed by atoms with Crippen molar-refractivity contribution in [2.75, 3.05) is 39.9 Å². The minimum atomic E-state index is -0.646. The topological polar surface area (TPSA) is 112 Å². The summed E-state index contributed by atoms with van der Waals surface area (Å²) in [6.07, 6.45) is 8.09. The zero-order chi connectivity index (χ0) is 30.9. The fourth-order valence-corrected chi connectivity index (χ4v) is 6.83. The van der Waals surface area contributed by atoms with Crippen LogP contribution < -0.4 is 10.1 Å². The first-order chi connectivity index (χ1) is 21.5. The summed E-state index contributed by atoms with van der Waals surface area (Å²) >= 11 is 0. The molecule has 2 unspecified atom stereocenters. The van der Waals surface area contributed by atoms with Gasteiger partial charge in [0.2, 0.25) is 5.91 Å². The number of amides is 2. The molecule has 0 radical (unpaired) electrons. The average molecular weight is 601 g/mol. The Balaban J connectivity index is 1.07. The lowest BCUT2D eigenvalue weighted by atomic mass is 9.74. The van der Waals surface area contributed by atoms with Crippen LogP contribution in [0, 0.1) is 11.3 Å². The third-order valence-corrected chi connectivity index (χ3v) is 9.52. The van der Waals surface area contributed by atoms with Crippen molar-refractivity contribution in [1.82, 2.24) is 15.1 Å². The van der Waals surface area contributed by atoms with Crippen molar-refractivity contribution in [1.29, 1.82) is 5.26 Å². The van der Waals surface area contributed by atoms with E-state index >= 15 is 0 Å². The van der Waals surface area contributed by atoms with E-state index < -0.39 is 11.5 Å². The van der Waals surface area contributed by atoms with Crippen molar-refractivity contribution in [3.63, 3.8) is 0 Å². The second-order valence-corrected chi connectivity index (χ2v) is 12.2. The fourth-order valence-electron chi connectivity index (χ4n) is 6.83. The Morgan fingerprint density at radius 2 is 1.98 bits per heavy atom. The molecule has 3 aliphatic rings. The number of likely N-dealkylation sites (tertiary alicyclic amines) is 1. The van der Waals surface area contributed by atoms with Crippen molar-refractivity contribution in [3.05, 3.63) is 64.7 Å². The van der Waals surface area contributed by atoms with Crippen LogP contribution >= 0.6 is 0 Å². The van der Waals surface area contributed by atoms with E-state index in [4.69, 9.17) is 9.47 Å². The summed E-state index contributed by atoms with van der Waals surface area (Å²) in [6, 6.07) is 15.9. The lowest BCUT2D eigenvalue weighted by Gasteiger charge is -2.37. The number of likely N-dealkylation sites (N-methyl/N-ethyl adjacent to an activating group) is 1. The summed E-state index contributed by atoms with van der Waals surface area (Å²) in [6.45, 7) is 4.62. The van der Waals surface area contributed by atoms with Crippen molar-refractivity contribution < 1.29 is 23.9 Å². The molecule has 2 aromatic rings. The van der Waals surface area contributed by atoms with Gasteiger partial charge in [-0.15, -0.1) is 0 Å². The van der Waals surface area contributed by atoms with E-state index in [1.54, 1.807) is 11.9 Å². The number of fused-ring (bicyclic) bond motifs is 1. The smallest absolute Gasteiger partial charge is 0.255 e. The fraction of sp³-hybridized carbons (Fsp3) is 0.543. The van der Waals surface area contributed by atoms with Gasteiger partial charge in [0.25, 0.3) is 5.91 Å². The number of hydrogen-bond donors (Lipinski definition) is 1. The molecule has 3 heterocycles. The second-order valence-electron chi connectivity index (χ2n) is 12.2. The summed E-state index contributed by atoms with van der Waals surface area (Å²) in [5.74, 6) is 0.461. The Bertz CT molecular complexity index is 1340. The Morgan fingerprint density at radius 1 is 1.18 bits per heavy atom. The molecule has 2 atom stereocenters. The maximum atomic E-state index is 13.2. The summed E-state index contributed by atoms with van der Waals surface area (Å²) in [7, 11) is 1.56. The van der Waals surface area contributed by atoms with Crippen LogP contribution in [0.15, 0.2) is 42.5 Å². The van der Waals surface area contributed by atoms with E-state index in [9.17, 15) is 19.6 Å². The normalized spacial score (nSPS) is 20.1. The van der Waals surface area contributed by atoms with Crippen molar-refractivity contribution in [2.24, 2.45) is 0 Å². The number of carbonyl (C=O) groups is 3. The highest BCUT2D eigenvalue weighted by molar-refractivity contribution is 6.01. The van der Waals surface area contributed by atoms with E-state index in [-0.39, 0.29) is 24.3 Å². The number of ether oxygens (including phenoxy) is 2. The first-order valence-electron chi connectivity index (χ1n) is 16.0. The van der Waals surface area contributed by atoms with Gasteiger partial charge in [0.15, 0.2) is 0 Å². The Labute approximate surface area is 260 Å². The molecule has 44 heavy (non-hydrogen) atoms. The quantitative estimate of drug-likeness (QED) is 0.256. The minimum absolute atomic E-state index is 0.116. The first-order valence-corrected chi connectivity index (χ1v) is 16.0. The Morgan fingerprint density at radius 3 is 2.66 bits per heavy atom. The van der Waals surface area contributed by atoms with Gasteiger partial charge in [0.1, 0.15) is 24.2 Å². The highest BCUT2D eigenvalue weighted by atomic mass is 16.5. The van der Waals surface area contributed by atoms with Crippen LogP contribution in [0.3, 0.4) is 0 Å². The van der Waals surface area contributed by atoms with Crippen LogP contribution in [0.4, 0.5) is 0 Å². The molecule has 0 aliphatic carbocycles. The largest absolute Gasteiger partial charge is 0.488 e. The van der Waals surface area contributed by atoms with Gasteiger partial charge in [-0.05, 0) is 93.0 Å². The number of carbonyl (C=O) groups excluding carboxylic acids is 3. The number of aldehydes is 1. The lowest BCUT2D eigenvalue weighted by Crippen LogP contribution is -2.46. The highest BCUT2D eigenvalue weighted by Crippen LogP contribution is 2.36. The Hall–Kier alpha value is -3.74. The summed E-state index contributed by atoms with van der Waals surface area (Å²) in [5, 5.41) is 12.8. The van der Waals surface area contributed by atoms with E-state index in [1.807, 2.05) is 24.3 Å². The monoisotopic (exact) mass is 600 g/mol. The van der Waals surface area contributed by atoms with E-state index in [0.717, 1.165) is 99.9 Å². The van der Waals surface area contributed by atoms with Gasteiger partial charge in [-0.1, -0.05) is 30.7 Å². The predicted molar refractivity (Wildman–Crippen MR) is 166 cm³/mol. The van der Waals surface area contributed by atoms with Crippen LogP contribution in [-0.2, 0) is 32.7 Å². The van der Waals surface area contributed by atoms with Gasteiger partial charge in [-0.25, -0.2) is 0 Å². The molecule has 2 saturated heterocycles. The van der Waals surface area contributed by atoms with Crippen LogP contribution in [-0.4, -0.2) is 79.9 Å². The first kappa shape index (κ1) is 31.7. The van der Waals surface area contributed by atoms with Crippen LogP contribution in [0.5, 0.6) is 5.75 Å². The molecule has 0 bridgehead atoms. The molecule has 0 aromatic heterocycles.